The fourth-order valence-electron chi connectivity index (χ4n) is 3.49. The Morgan fingerprint density at radius 1 is 1.24 bits per heavy atom. The van der Waals surface area contributed by atoms with E-state index in [0.717, 1.165) is 35.4 Å². The van der Waals surface area contributed by atoms with Gasteiger partial charge in [0.15, 0.2) is 0 Å². The molecule has 6 nitrogen and oxygen atoms in total. The second kappa shape index (κ2) is 7.62. The fraction of sp³-hybridized carbons (Fsp3) is 0.286. The number of nitrogens with zero attached hydrogens (tertiary/aromatic N) is 3. The molecule has 1 aliphatic rings. The van der Waals surface area contributed by atoms with Gasteiger partial charge in [0, 0.05) is 18.3 Å². The minimum atomic E-state index is -0.770. The largest absolute Gasteiger partial charge is 0.337 e. The van der Waals surface area contributed by atoms with Gasteiger partial charge in [0.05, 0.1) is 5.56 Å². The first-order chi connectivity index (χ1) is 13.9. The number of likely N-dealkylation sites (tertiary alicyclic amines) is 1. The summed E-state index contributed by atoms with van der Waals surface area (Å²) in [6, 6.07) is 8.24. The Morgan fingerprint density at radius 2 is 2.07 bits per heavy atom. The van der Waals surface area contributed by atoms with E-state index in [1.165, 1.54) is 6.07 Å². The Balaban J connectivity index is 1.55. The third-order valence-corrected chi connectivity index (χ3v) is 5.26. The predicted molar refractivity (Wildman–Crippen MR) is 103 cm³/mol. The molecule has 29 heavy (non-hydrogen) atoms. The van der Waals surface area contributed by atoms with Gasteiger partial charge in [-0.15, -0.1) is 0 Å². The molecule has 2 amide bonds. The van der Waals surface area contributed by atoms with Gasteiger partial charge in [0.25, 0.3) is 0 Å². The average molecular weight is 398 g/mol. The quantitative estimate of drug-likeness (QED) is 0.674. The van der Waals surface area contributed by atoms with Crippen molar-refractivity contribution in [1.29, 1.82) is 0 Å². The zero-order valence-corrected chi connectivity index (χ0v) is 16.1. The number of urea groups is 1. The second-order valence-electron chi connectivity index (χ2n) is 7.11. The van der Waals surface area contributed by atoms with Crippen LogP contribution in [0.2, 0.25) is 0 Å². The number of aryl methyl sites for hydroxylation is 1. The van der Waals surface area contributed by atoms with Gasteiger partial charge in [-0.2, -0.15) is 4.98 Å². The predicted octanol–water partition coefficient (Wildman–Crippen LogP) is 5.00. The maximum atomic E-state index is 14.0. The van der Waals surface area contributed by atoms with Gasteiger partial charge in [0.1, 0.15) is 17.7 Å². The molecule has 0 bridgehead atoms. The smallest absolute Gasteiger partial charge is 0.322 e. The number of nitrogens with one attached hydrogen (secondary N) is 1. The van der Waals surface area contributed by atoms with E-state index in [-0.39, 0.29) is 23.3 Å². The molecule has 1 fully saturated rings. The molecule has 1 aromatic heterocycles. The minimum Gasteiger partial charge on any atom is -0.337 e. The summed E-state index contributed by atoms with van der Waals surface area (Å²) in [6.07, 6.45) is 1.45. The van der Waals surface area contributed by atoms with Gasteiger partial charge in [0.2, 0.25) is 11.7 Å². The van der Waals surface area contributed by atoms with Crippen molar-refractivity contribution in [2.45, 2.75) is 32.7 Å². The highest BCUT2D eigenvalue weighted by Crippen LogP contribution is 2.33. The van der Waals surface area contributed by atoms with E-state index in [4.69, 9.17) is 4.52 Å². The maximum Gasteiger partial charge on any atom is 0.322 e. The molecule has 3 aromatic rings. The topological polar surface area (TPSA) is 71.3 Å². The summed E-state index contributed by atoms with van der Waals surface area (Å²) in [5.74, 6) is -1.19. The molecule has 1 N–H and O–H groups in total. The number of amides is 2. The number of anilines is 1. The molecule has 4 rings (SSSR count). The molecular weight excluding hydrogens is 378 g/mol. The minimum absolute atomic E-state index is 0.0271. The first-order valence-corrected chi connectivity index (χ1v) is 9.37. The second-order valence-corrected chi connectivity index (χ2v) is 7.11. The first-order valence-electron chi connectivity index (χ1n) is 9.37. The van der Waals surface area contributed by atoms with Crippen molar-refractivity contribution in [3.63, 3.8) is 0 Å². The number of carbonyl (C=O) groups is 1. The molecule has 0 saturated carbocycles. The Hall–Kier alpha value is -3.29. The number of rotatable bonds is 3. The van der Waals surface area contributed by atoms with E-state index in [1.807, 2.05) is 32.0 Å². The number of halogens is 2. The number of benzene rings is 2. The van der Waals surface area contributed by atoms with Crippen LogP contribution >= 0.6 is 0 Å². The monoisotopic (exact) mass is 398 g/mol. The molecule has 1 saturated heterocycles. The van der Waals surface area contributed by atoms with Crippen molar-refractivity contribution in [3.8, 4) is 11.4 Å². The van der Waals surface area contributed by atoms with E-state index < -0.39 is 17.7 Å². The Kier molecular flexibility index (Phi) is 5.00. The number of hydrogen-bond donors (Lipinski definition) is 1. The van der Waals surface area contributed by atoms with E-state index in [9.17, 15) is 13.6 Å². The van der Waals surface area contributed by atoms with Gasteiger partial charge in [-0.3, -0.25) is 0 Å². The molecule has 1 aliphatic heterocycles. The van der Waals surface area contributed by atoms with Crippen LogP contribution in [-0.2, 0) is 0 Å². The lowest BCUT2D eigenvalue weighted by molar-refractivity contribution is 0.193. The van der Waals surface area contributed by atoms with Crippen LogP contribution in [0.15, 0.2) is 40.9 Å². The van der Waals surface area contributed by atoms with Gasteiger partial charge in [-0.1, -0.05) is 17.3 Å². The molecule has 0 unspecified atom stereocenters. The first kappa shape index (κ1) is 19.0. The molecular formula is C21H20F2N4O2. The number of hydrogen-bond acceptors (Lipinski definition) is 4. The summed E-state index contributed by atoms with van der Waals surface area (Å²) in [4.78, 5) is 18.8. The summed E-state index contributed by atoms with van der Waals surface area (Å²) >= 11 is 0. The van der Waals surface area contributed by atoms with Crippen molar-refractivity contribution in [2.75, 3.05) is 11.9 Å². The van der Waals surface area contributed by atoms with Crippen LogP contribution in [0.1, 0.15) is 35.9 Å². The molecule has 0 radical (unpaired) electrons. The molecule has 2 heterocycles. The SMILES string of the molecule is Cc1cccc(NC(=O)N2CCC[C@@H]2c2nc(-c3ccc(F)cc3F)no2)c1C. The van der Waals surface area contributed by atoms with Gasteiger partial charge < -0.3 is 14.7 Å². The number of carbonyl (C=O) groups excluding carboxylic acids is 1. The third-order valence-electron chi connectivity index (χ3n) is 5.26. The van der Waals surface area contributed by atoms with E-state index in [1.54, 1.807) is 4.90 Å². The Labute approximate surface area is 166 Å². The lowest BCUT2D eigenvalue weighted by Gasteiger charge is -2.23. The van der Waals surface area contributed by atoms with E-state index in [2.05, 4.69) is 15.5 Å². The zero-order valence-electron chi connectivity index (χ0n) is 16.1. The lowest BCUT2D eigenvalue weighted by Crippen LogP contribution is -2.34. The van der Waals surface area contributed by atoms with E-state index in [0.29, 0.717) is 13.0 Å². The normalized spacial score (nSPS) is 16.3. The van der Waals surface area contributed by atoms with Crippen molar-refractivity contribution >= 4 is 11.7 Å². The van der Waals surface area contributed by atoms with Gasteiger partial charge in [-0.05, 0) is 56.0 Å². The zero-order chi connectivity index (χ0) is 20.5. The average Bonchev–Trinajstić information content (AvgIpc) is 3.34. The summed E-state index contributed by atoms with van der Waals surface area (Å²) in [6.45, 7) is 4.48. The van der Waals surface area contributed by atoms with Gasteiger partial charge >= 0.3 is 6.03 Å². The fourth-order valence-corrected chi connectivity index (χ4v) is 3.49. The molecule has 150 valence electrons. The van der Waals surface area contributed by atoms with Crippen LogP contribution in [-0.4, -0.2) is 27.6 Å². The van der Waals surface area contributed by atoms with E-state index >= 15 is 0 Å². The van der Waals surface area contributed by atoms with Crippen LogP contribution in [0.25, 0.3) is 11.4 Å². The van der Waals surface area contributed by atoms with Crippen molar-refractivity contribution in [2.24, 2.45) is 0 Å². The van der Waals surface area contributed by atoms with Crippen molar-refractivity contribution < 1.29 is 18.1 Å². The summed E-state index contributed by atoms with van der Waals surface area (Å²) in [7, 11) is 0. The lowest BCUT2D eigenvalue weighted by atomic mass is 10.1. The molecule has 0 aliphatic carbocycles. The Morgan fingerprint density at radius 3 is 2.86 bits per heavy atom. The number of aromatic nitrogens is 2. The standard InChI is InChI=1S/C21H20F2N4O2/c1-12-5-3-6-17(13(12)2)24-21(28)27-10-4-7-18(27)20-25-19(26-29-20)15-9-8-14(22)11-16(15)23/h3,5-6,8-9,11,18H,4,7,10H2,1-2H3,(H,24,28)/t18-/m1/s1. The highest BCUT2D eigenvalue weighted by Gasteiger charge is 2.34. The highest BCUT2D eigenvalue weighted by atomic mass is 19.1. The summed E-state index contributed by atoms with van der Waals surface area (Å²) in [5, 5.41) is 6.76. The molecule has 0 spiro atoms. The molecule has 8 heteroatoms. The highest BCUT2D eigenvalue weighted by molar-refractivity contribution is 5.90. The van der Waals surface area contributed by atoms with Crippen molar-refractivity contribution in [3.05, 3.63) is 65.1 Å². The molecule has 2 aromatic carbocycles. The van der Waals surface area contributed by atoms with Crippen LogP contribution in [0, 0.1) is 25.5 Å². The third kappa shape index (κ3) is 3.70. The Bertz CT molecular complexity index is 1070. The maximum absolute atomic E-state index is 14.0. The summed E-state index contributed by atoms with van der Waals surface area (Å²) < 4.78 is 32.5. The van der Waals surface area contributed by atoms with Crippen LogP contribution in [0.4, 0.5) is 19.3 Å². The van der Waals surface area contributed by atoms with Gasteiger partial charge in [-0.25, -0.2) is 13.6 Å². The molecule has 1 atom stereocenters. The summed E-state index contributed by atoms with van der Waals surface area (Å²) in [5.41, 5.74) is 2.89. The van der Waals surface area contributed by atoms with Crippen LogP contribution in [0.3, 0.4) is 0 Å². The van der Waals surface area contributed by atoms with Crippen molar-refractivity contribution in [1.82, 2.24) is 15.0 Å². The van der Waals surface area contributed by atoms with Crippen LogP contribution in [0.5, 0.6) is 0 Å². The van der Waals surface area contributed by atoms with Crippen LogP contribution < -0.4 is 5.32 Å².